The number of ketones is 1. The third kappa shape index (κ3) is 3.68. The summed E-state index contributed by atoms with van der Waals surface area (Å²) in [6, 6.07) is 11.6. The van der Waals surface area contributed by atoms with E-state index in [0.717, 1.165) is 42.9 Å². The lowest BCUT2D eigenvalue weighted by Crippen LogP contribution is -2.18. The van der Waals surface area contributed by atoms with Crippen LogP contribution in [0.3, 0.4) is 0 Å². The Kier molecular flexibility index (Phi) is 4.85. The SMILES string of the molecule is Cc1cc(C(=O)Cn2nnc(-c3ccccc3)n2)c(C)n1C[C@@H]1CCCO1. The number of tetrazole rings is 1. The minimum atomic E-state index is -0.0151. The zero-order valence-corrected chi connectivity index (χ0v) is 15.6. The van der Waals surface area contributed by atoms with Crippen LogP contribution in [-0.4, -0.2) is 43.3 Å². The van der Waals surface area contributed by atoms with Crippen LogP contribution in [0, 0.1) is 13.8 Å². The second-order valence-corrected chi connectivity index (χ2v) is 6.96. The summed E-state index contributed by atoms with van der Waals surface area (Å²) in [5, 5.41) is 12.4. The minimum absolute atomic E-state index is 0.0151. The van der Waals surface area contributed by atoms with Gasteiger partial charge in [-0.05, 0) is 38.0 Å². The molecule has 0 aliphatic carbocycles. The summed E-state index contributed by atoms with van der Waals surface area (Å²) in [5.41, 5.74) is 3.63. The summed E-state index contributed by atoms with van der Waals surface area (Å²) in [6.45, 7) is 5.71. The first kappa shape index (κ1) is 17.6. The molecule has 27 heavy (non-hydrogen) atoms. The van der Waals surface area contributed by atoms with E-state index in [0.29, 0.717) is 11.4 Å². The maximum Gasteiger partial charge on any atom is 0.204 e. The monoisotopic (exact) mass is 365 g/mol. The average Bonchev–Trinajstić information content (AvgIpc) is 3.40. The van der Waals surface area contributed by atoms with Gasteiger partial charge in [-0.1, -0.05) is 30.3 Å². The summed E-state index contributed by atoms with van der Waals surface area (Å²) in [7, 11) is 0. The van der Waals surface area contributed by atoms with Gasteiger partial charge in [0, 0.05) is 35.7 Å². The van der Waals surface area contributed by atoms with E-state index in [-0.39, 0.29) is 18.4 Å². The Hall–Kier alpha value is -2.80. The summed E-state index contributed by atoms with van der Waals surface area (Å²) in [4.78, 5) is 14.2. The zero-order chi connectivity index (χ0) is 18.8. The van der Waals surface area contributed by atoms with Crippen LogP contribution in [-0.2, 0) is 17.8 Å². The number of benzene rings is 1. The molecule has 0 amide bonds. The Morgan fingerprint density at radius 2 is 2.07 bits per heavy atom. The molecule has 0 N–H and O–H groups in total. The van der Waals surface area contributed by atoms with Crippen LogP contribution in [0.2, 0.25) is 0 Å². The molecule has 3 heterocycles. The molecule has 1 fully saturated rings. The van der Waals surface area contributed by atoms with Crippen molar-refractivity contribution in [2.75, 3.05) is 6.61 Å². The van der Waals surface area contributed by atoms with Crippen LogP contribution in [0.1, 0.15) is 34.6 Å². The van der Waals surface area contributed by atoms with Gasteiger partial charge < -0.3 is 9.30 Å². The number of carbonyl (C=O) groups is 1. The van der Waals surface area contributed by atoms with Crippen LogP contribution in [0.15, 0.2) is 36.4 Å². The molecular formula is C20H23N5O2. The lowest BCUT2D eigenvalue weighted by Gasteiger charge is -2.14. The fourth-order valence-electron chi connectivity index (χ4n) is 3.58. The Balaban J connectivity index is 1.49. The molecule has 2 aromatic heterocycles. The van der Waals surface area contributed by atoms with Gasteiger partial charge in [-0.2, -0.15) is 4.80 Å². The Labute approximate surface area is 158 Å². The molecule has 7 nitrogen and oxygen atoms in total. The van der Waals surface area contributed by atoms with Crippen LogP contribution >= 0.6 is 0 Å². The van der Waals surface area contributed by atoms with Crippen LogP contribution in [0.4, 0.5) is 0 Å². The van der Waals surface area contributed by atoms with E-state index in [1.54, 1.807) is 0 Å². The van der Waals surface area contributed by atoms with E-state index in [2.05, 4.69) is 20.0 Å². The number of rotatable bonds is 6. The quantitative estimate of drug-likeness (QED) is 0.628. The van der Waals surface area contributed by atoms with Gasteiger partial charge in [-0.3, -0.25) is 4.79 Å². The van der Waals surface area contributed by atoms with Crippen molar-refractivity contribution < 1.29 is 9.53 Å². The highest BCUT2D eigenvalue weighted by molar-refractivity contribution is 5.97. The smallest absolute Gasteiger partial charge is 0.204 e. The van der Waals surface area contributed by atoms with Crippen LogP contribution in [0.25, 0.3) is 11.4 Å². The van der Waals surface area contributed by atoms with E-state index in [4.69, 9.17) is 4.74 Å². The predicted molar refractivity (Wildman–Crippen MR) is 100 cm³/mol. The van der Waals surface area contributed by atoms with Crippen molar-refractivity contribution in [2.24, 2.45) is 0 Å². The van der Waals surface area contributed by atoms with E-state index < -0.39 is 0 Å². The Morgan fingerprint density at radius 1 is 1.26 bits per heavy atom. The van der Waals surface area contributed by atoms with Crippen LogP contribution in [0.5, 0.6) is 0 Å². The third-order valence-corrected chi connectivity index (χ3v) is 5.05. The highest BCUT2D eigenvalue weighted by Gasteiger charge is 2.21. The second-order valence-electron chi connectivity index (χ2n) is 6.96. The lowest BCUT2D eigenvalue weighted by atomic mass is 10.1. The van der Waals surface area contributed by atoms with Crippen LogP contribution < -0.4 is 0 Å². The topological polar surface area (TPSA) is 74.8 Å². The van der Waals surface area contributed by atoms with Gasteiger partial charge in [-0.15, -0.1) is 10.2 Å². The zero-order valence-electron chi connectivity index (χ0n) is 15.6. The van der Waals surface area contributed by atoms with Gasteiger partial charge in [-0.25, -0.2) is 0 Å². The van der Waals surface area contributed by atoms with Crippen molar-refractivity contribution in [1.29, 1.82) is 0 Å². The Bertz CT molecular complexity index is 939. The molecule has 1 aliphatic rings. The summed E-state index contributed by atoms with van der Waals surface area (Å²) in [6.07, 6.45) is 2.42. The minimum Gasteiger partial charge on any atom is -0.376 e. The standard InChI is InChI=1S/C20H23N5O2/c1-14-11-18(15(2)24(14)12-17-9-6-10-27-17)19(26)13-25-22-20(21-23-25)16-7-4-3-5-8-16/h3-5,7-8,11,17H,6,9-10,12-13H2,1-2H3/t17-/m0/s1. The number of carbonyl (C=O) groups excluding carboxylic acids is 1. The average molecular weight is 365 g/mol. The summed E-state index contributed by atoms with van der Waals surface area (Å²) in [5.74, 6) is 0.506. The van der Waals surface area contributed by atoms with Crippen molar-refractivity contribution in [3.05, 3.63) is 53.3 Å². The molecule has 0 bridgehead atoms. The van der Waals surface area contributed by atoms with E-state index in [9.17, 15) is 4.79 Å². The largest absolute Gasteiger partial charge is 0.376 e. The molecule has 0 unspecified atom stereocenters. The number of hydrogen-bond acceptors (Lipinski definition) is 5. The predicted octanol–water partition coefficient (Wildman–Crippen LogP) is 2.82. The number of hydrogen-bond donors (Lipinski definition) is 0. The maximum atomic E-state index is 12.8. The first-order valence-corrected chi connectivity index (χ1v) is 9.26. The lowest BCUT2D eigenvalue weighted by molar-refractivity contribution is 0.0943. The fourth-order valence-corrected chi connectivity index (χ4v) is 3.58. The van der Waals surface area contributed by atoms with E-state index >= 15 is 0 Å². The molecule has 0 saturated carbocycles. The maximum absolute atomic E-state index is 12.8. The molecule has 3 aromatic rings. The van der Waals surface area contributed by atoms with Crippen molar-refractivity contribution in [1.82, 2.24) is 24.8 Å². The van der Waals surface area contributed by atoms with Crippen molar-refractivity contribution >= 4 is 5.78 Å². The highest BCUT2D eigenvalue weighted by Crippen LogP contribution is 2.21. The number of aryl methyl sites for hydroxylation is 1. The first-order valence-electron chi connectivity index (χ1n) is 9.26. The van der Waals surface area contributed by atoms with Crippen molar-refractivity contribution in [3.63, 3.8) is 0 Å². The van der Waals surface area contributed by atoms with Gasteiger partial charge in [0.15, 0.2) is 5.78 Å². The van der Waals surface area contributed by atoms with E-state index in [1.165, 1.54) is 4.80 Å². The molecule has 140 valence electrons. The number of aromatic nitrogens is 5. The summed E-state index contributed by atoms with van der Waals surface area (Å²) < 4.78 is 7.91. The molecule has 7 heteroatoms. The van der Waals surface area contributed by atoms with Gasteiger partial charge in [0.1, 0.15) is 6.54 Å². The molecule has 1 saturated heterocycles. The van der Waals surface area contributed by atoms with Gasteiger partial charge in [0.05, 0.1) is 6.10 Å². The molecule has 0 radical (unpaired) electrons. The fraction of sp³-hybridized carbons (Fsp3) is 0.400. The van der Waals surface area contributed by atoms with Gasteiger partial charge >= 0.3 is 0 Å². The van der Waals surface area contributed by atoms with Crippen molar-refractivity contribution in [3.8, 4) is 11.4 Å². The molecule has 1 atom stereocenters. The number of ether oxygens (including phenoxy) is 1. The molecule has 1 aliphatic heterocycles. The second kappa shape index (κ2) is 7.44. The molecule has 1 aromatic carbocycles. The first-order chi connectivity index (χ1) is 13.1. The third-order valence-electron chi connectivity index (χ3n) is 5.05. The highest BCUT2D eigenvalue weighted by atomic mass is 16.5. The number of nitrogens with zero attached hydrogens (tertiary/aromatic N) is 5. The molecular weight excluding hydrogens is 342 g/mol. The normalized spacial score (nSPS) is 16.7. The number of Topliss-reactive ketones (excluding diaryl/α,β-unsaturated/α-hetero) is 1. The van der Waals surface area contributed by atoms with E-state index in [1.807, 2.05) is 50.2 Å². The van der Waals surface area contributed by atoms with Crippen molar-refractivity contribution in [2.45, 2.75) is 45.9 Å². The molecule has 4 rings (SSSR count). The molecule has 0 spiro atoms. The van der Waals surface area contributed by atoms with Gasteiger partial charge in [0.2, 0.25) is 5.82 Å². The van der Waals surface area contributed by atoms with Gasteiger partial charge in [0.25, 0.3) is 0 Å². The summed E-state index contributed by atoms with van der Waals surface area (Å²) >= 11 is 0. The Morgan fingerprint density at radius 3 is 2.81 bits per heavy atom.